The van der Waals surface area contributed by atoms with Crippen LogP contribution in [0.15, 0.2) is 36.4 Å². The van der Waals surface area contributed by atoms with Gasteiger partial charge < -0.3 is 5.32 Å². The van der Waals surface area contributed by atoms with Crippen molar-refractivity contribution in [3.63, 3.8) is 0 Å². The van der Waals surface area contributed by atoms with Crippen molar-refractivity contribution < 1.29 is 4.79 Å². The molecule has 1 heterocycles. The summed E-state index contributed by atoms with van der Waals surface area (Å²) in [7, 11) is 0. The second-order valence-corrected chi connectivity index (χ2v) is 6.16. The van der Waals surface area contributed by atoms with Crippen LogP contribution in [0.2, 0.25) is 0 Å². The average Bonchev–Trinajstić information content (AvgIpc) is 3.00. The number of nitrogens with one attached hydrogen (secondary N) is 1. The third-order valence-electron chi connectivity index (χ3n) is 3.62. The Balaban J connectivity index is 1.71. The van der Waals surface area contributed by atoms with E-state index in [1.165, 1.54) is 16.9 Å². The Hall–Kier alpha value is -1.61. The molecule has 1 aromatic carbocycles. The first-order valence-electron chi connectivity index (χ1n) is 6.71. The van der Waals surface area contributed by atoms with Crippen LogP contribution in [-0.2, 0) is 12.8 Å². The molecular weight excluding hydrogens is 254 g/mol. The van der Waals surface area contributed by atoms with Gasteiger partial charge in [-0.05, 0) is 43.4 Å². The van der Waals surface area contributed by atoms with Gasteiger partial charge in [0.25, 0.3) is 5.91 Å². The van der Waals surface area contributed by atoms with Crippen molar-refractivity contribution in [2.24, 2.45) is 0 Å². The molecule has 98 valence electrons. The SMILES string of the molecule is C[C@@H](NC(=O)c1cc2c(s1)CCC2)c1ccccc1. The topological polar surface area (TPSA) is 29.1 Å². The smallest absolute Gasteiger partial charge is 0.261 e. The quantitative estimate of drug-likeness (QED) is 0.905. The van der Waals surface area contributed by atoms with E-state index in [4.69, 9.17) is 0 Å². The van der Waals surface area contributed by atoms with E-state index in [-0.39, 0.29) is 11.9 Å². The summed E-state index contributed by atoms with van der Waals surface area (Å²) in [6, 6.07) is 12.2. The lowest BCUT2D eigenvalue weighted by Gasteiger charge is -2.13. The molecule has 0 unspecified atom stereocenters. The van der Waals surface area contributed by atoms with E-state index in [2.05, 4.69) is 11.4 Å². The highest BCUT2D eigenvalue weighted by molar-refractivity contribution is 7.14. The lowest BCUT2D eigenvalue weighted by Crippen LogP contribution is -2.25. The van der Waals surface area contributed by atoms with E-state index in [1.54, 1.807) is 11.3 Å². The number of aryl methyl sites for hydroxylation is 2. The summed E-state index contributed by atoms with van der Waals surface area (Å²) < 4.78 is 0. The van der Waals surface area contributed by atoms with Crippen LogP contribution in [0.3, 0.4) is 0 Å². The van der Waals surface area contributed by atoms with E-state index >= 15 is 0 Å². The number of amides is 1. The van der Waals surface area contributed by atoms with E-state index in [9.17, 15) is 4.79 Å². The van der Waals surface area contributed by atoms with Gasteiger partial charge in [-0.2, -0.15) is 0 Å². The molecule has 0 bridgehead atoms. The minimum absolute atomic E-state index is 0.0469. The first kappa shape index (κ1) is 12.4. The number of benzene rings is 1. The van der Waals surface area contributed by atoms with Crippen LogP contribution >= 0.6 is 11.3 Å². The maximum Gasteiger partial charge on any atom is 0.261 e. The molecule has 1 atom stereocenters. The molecule has 1 amide bonds. The molecule has 2 nitrogen and oxygen atoms in total. The van der Waals surface area contributed by atoms with Crippen molar-refractivity contribution in [3.05, 3.63) is 57.3 Å². The summed E-state index contributed by atoms with van der Waals surface area (Å²) >= 11 is 1.66. The predicted octanol–water partition coefficient (Wildman–Crippen LogP) is 3.73. The largest absolute Gasteiger partial charge is 0.345 e. The van der Waals surface area contributed by atoms with Crippen molar-refractivity contribution in [2.75, 3.05) is 0 Å². The lowest BCUT2D eigenvalue weighted by molar-refractivity contribution is 0.0944. The average molecular weight is 271 g/mol. The fourth-order valence-corrected chi connectivity index (χ4v) is 3.69. The maximum atomic E-state index is 12.2. The summed E-state index contributed by atoms with van der Waals surface area (Å²) in [5, 5.41) is 3.07. The molecule has 0 spiro atoms. The minimum Gasteiger partial charge on any atom is -0.345 e. The molecule has 1 aromatic heterocycles. The van der Waals surface area contributed by atoms with Gasteiger partial charge in [-0.15, -0.1) is 11.3 Å². The maximum absolute atomic E-state index is 12.2. The second-order valence-electron chi connectivity index (χ2n) is 5.02. The first-order valence-corrected chi connectivity index (χ1v) is 7.53. The Morgan fingerprint density at radius 3 is 2.79 bits per heavy atom. The Bertz CT molecular complexity index is 567. The summed E-state index contributed by atoms with van der Waals surface area (Å²) in [4.78, 5) is 14.5. The van der Waals surface area contributed by atoms with Gasteiger partial charge in [0.1, 0.15) is 0 Å². The molecule has 3 heteroatoms. The van der Waals surface area contributed by atoms with Gasteiger partial charge in [-0.25, -0.2) is 0 Å². The second kappa shape index (κ2) is 5.17. The van der Waals surface area contributed by atoms with Gasteiger partial charge in [-0.3, -0.25) is 4.79 Å². The highest BCUT2D eigenvalue weighted by Crippen LogP contribution is 2.30. The zero-order valence-electron chi connectivity index (χ0n) is 11.0. The van der Waals surface area contributed by atoms with Gasteiger partial charge in [0, 0.05) is 4.88 Å². The predicted molar refractivity (Wildman–Crippen MR) is 78.7 cm³/mol. The molecule has 2 aromatic rings. The van der Waals surface area contributed by atoms with Crippen molar-refractivity contribution >= 4 is 17.2 Å². The zero-order chi connectivity index (χ0) is 13.2. The number of hydrogen-bond donors (Lipinski definition) is 1. The van der Waals surface area contributed by atoms with E-state index in [0.29, 0.717) is 0 Å². The summed E-state index contributed by atoms with van der Waals surface area (Å²) in [5.41, 5.74) is 2.52. The number of fused-ring (bicyclic) bond motifs is 1. The minimum atomic E-state index is 0.0469. The molecule has 1 N–H and O–H groups in total. The van der Waals surface area contributed by atoms with Gasteiger partial charge in [0.05, 0.1) is 10.9 Å². The van der Waals surface area contributed by atoms with Crippen LogP contribution in [-0.4, -0.2) is 5.91 Å². The van der Waals surface area contributed by atoms with E-state index in [0.717, 1.165) is 23.3 Å². The Kier molecular flexibility index (Phi) is 3.38. The van der Waals surface area contributed by atoms with Gasteiger partial charge >= 0.3 is 0 Å². The van der Waals surface area contributed by atoms with Crippen molar-refractivity contribution in [2.45, 2.75) is 32.2 Å². The molecule has 0 saturated carbocycles. The van der Waals surface area contributed by atoms with Crippen LogP contribution in [0.5, 0.6) is 0 Å². The number of thiophene rings is 1. The van der Waals surface area contributed by atoms with Crippen LogP contribution in [0.4, 0.5) is 0 Å². The van der Waals surface area contributed by atoms with Crippen molar-refractivity contribution in [1.82, 2.24) is 5.32 Å². The number of carbonyl (C=O) groups is 1. The highest BCUT2D eigenvalue weighted by Gasteiger charge is 2.19. The number of hydrogen-bond acceptors (Lipinski definition) is 2. The molecule has 3 rings (SSSR count). The fraction of sp³-hybridized carbons (Fsp3) is 0.312. The molecule has 0 radical (unpaired) electrons. The van der Waals surface area contributed by atoms with Crippen molar-refractivity contribution in [3.8, 4) is 0 Å². The monoisotopic (exact) mass is 271 g/mol. The van der Waals surface area contributed by atoms with Crippen LogP contribution < -0.4 is 5.32 Å². The normalized spacial score (nSPS) is 15.0. The third-order valence-corrected chi connectivity index (χ3v) is 4.85. The summed E-state index contributed by atoms with van der Waals surface area (Å²) in [6.45, 7) is 2.02. The van der Waals surface area contributed by atoms with E-state index in [1.807, 2.05) is 37.3 Å². The molecule has 19 heavy (non-hydrogen) atoms. The van der Waals surface area contributed by atoms with Gasteiger partial charge in [0.2, 0.25) is 0 Å². The molecular formula is C16H17NOS. The van der Waals surface area contributed by atoms with Crippen LogP contribution in [0.25, 0.3) is 0 Å². The molecule has 1 aliphatic carbocycles. The van der Waals surface area contributed by atoms with Gasteiger partial charge in [0.15, 0.2) is 0 Å². The first-order chi connectivity index (χ1) is 9.24. The molecule has 1 aliphatic rings. The van der Waals surface area contributed by atoms with Crippen molar-refractivity contribution in [1.29, 1.82) is 0 Å². The summed E-state index contributed by atoms with van der Waals surface area (Å²) in [6.07, 6.45) is 3.51. The number of carbonyl (C=O) groups excluding carboxylic acids is 1. The zero-order valence-corrected chi connectivity index (χ0v) is 11.8. The lowest BCUT2D eigenvalue weighted by atomic mass is 10.1. The number of rotatable bonds is 3. The Morgan fingerprint density at radius 1 is 1.26 bits per heavy atom. The fourth-order valence-electron chi connectivity index (χ4n) is 2.53. The van der Waals surface area contributed by atoms with Crippen LogP contribution in [0, 0.1) is 0 Å². The highest BCUT2D eigenvalue weighted by atomic mass is 32.1. The van der Waals surface area contributed by atoms with Gasteiger partial charge in [-0.1, -0.05) is 30.3 Å². The molecule has 0 fully saturated rings. The van der Waals surface area contributed by atoms with E-state index < -0.39 is 0 Å². The third kappa shape index (κ3) is 2.56. The Morgan fingerprint density at radius 2 is 2.05 bits per heavy atom. The molecule has 0 aliphatic heterocycles. The molecule has 0 saturated heterocycles. The van der Waals surface area contributed by atoms with Crippen LogP contribution in [0.1, 0.15) is 45.1 Å². The Labute approximate surface area is 117 Å². The standard InChI is InChI=1S/C16H17NOS/c1-11(12-6-3-2-4-7-12)17-16(18)15-10-13-8-5-9-14(13)19-15/h2-4,6-7,10-11H,5,8-9H2,1H3,(H,17,18)/t11-/m1/s1. The summed E-state index contributed by atoms with van der Waals surface area (Å²) in [5.74, 6) is 0.0516.